The normalized spacial score (nSPS) is 11.0. The number of nitrogens with zero attached hydrogens (tertiary/aromatic N) is 4. The van der Waals surface area contributed by atoms with Crippen LogP contribution >= 0.6 is 22.7 Å². The third kappa shape index (κ3) is 3.74. The van der Waals surface area contributed by atoms with Gasteiger partial charge in [0.1, 0.15) is 11.4 Å². The summed E-state index contributed by atoms with van der Waals surface area (Å²) in [6.07, 6.45) is 3.87. The third-order valence-electron chi connectivity index (χ3n) is 4.51. The van der Waals surface area contributed by atoms with E-state index in [2.05, 4.69) is 9.97 Å². The molecule has 0 aliphatic rings. The van der Waals surface area contributed by atoms with Crippen molar-refractivity contribution in [1.82, 2.24) is 19.4 Å². The largest absolute Gasteiger partial charge is 0.344 e. The molecule has 0 fully saturated rings. The van der Waals surface area contributed by atoms with E-state index in [-0.39, 0.29) is 18.0 Å². The Balaban J connectivity index is 1.53. The van der Waals surface area contributed by atoms with Gasteiger partial charge in [-0.25, -0.2) is 4.98 Å². The minimum absolute atomic E-state index is 0.0276. The predicted octanol–water partition coefficient (Wildman–Crippen LogP) is 3.28. The molecule has 142 valence electrons. The van der Waals surface area contributed by atoms with Gasteiger partial charge in [-0.3, -0.25) is 19.1 Å². The van der Waals surface area contributed by atoms with Crippen LogP contribution in [0.15, 0.2) is 58.4 Å². The van der Waals surface area contributed by atoms with E-state index in [4.69, 9.17) is 0 Å². The van der Waals surface area contributed by atoms with Gasteiger partial charge in [0.15, 0.2) is 0 Å². The molecule has 0 spiro atoms. The Labute approximate surface area is 169 Å². The second-order valence-corrected chi connectivity index (χ2v) is 8.18. The van der Waals surface area contributed by atoms with Crippen LogP contribution in [0, 0.1) is 0 Å². The highest BCUT2D eigenvalue weighted by atomic mass is 32.1. The van der Waals surface area contributed by atoms with Crippen LogP contribution in [0.3, 0.4) is 0 Å². The topological polar surface area (TPSA) is 68.1 Å². The number of likely N-dealkylation sites (N-methyl/N-ethyl adjacent to an activating group) is 1. The van der Waals surface area contributed by atoms with Crippen molar-refractivity contribution < 1.29 is 4.79 Å². The maximum absolute atomic E-state index is 13.0. The molecule has 4 aromatic rings. The maximum Gasteiger partial charge on any atom is 0.263 e. The van der Waals surface area contributed by atoms with Crippen molar-refractivity contribution in [2.45, 2.75) is 13.0 Å². The van der Waals surface area contributed by atoms with Gasteiger partial charge < -0.3 is 4.90 Å². The van der Waals surface area contributed by atoms with E-state index in [9.17, 15) is 9.59 Å². The van der Waals surface area contributed by atoms with Gasteiger partial charge in [0.25, 0.3) is 5.56 Å². The van der Waals surface area contributed by atoms with Crippen molar-refractivity contribution in [2.75, 3.05) is 13.6 Å². The molecule has 0 aliphatic heterocycles. The number of hydrogen-bond acceptors (Lipinski definition) is 6. The first-order valence-corrected chi connectivity index (χ1v) is 10.5. The van der Waals surface area contributed by atoms with Crippen molar-refractivity contribution in [3.05, 3.63) is 69.7 Å². The average molecular weight is 411 g/mol. The molecule has 4 aromatic heterocycles. The summed E-state index contributed by atoms with van der Waals surface area (Å²) in [5, 5.41) is 4.52. The van der Waals surface area contributed by atoms with Crippen LogP contribution in [0.25, 0.3) is 20.7 Å². The van der Waals surface area contributed by atoms with E-state index in [1.54, 1.807) is 29.5 Å². The molecule has 6 nitrogen and oxygen atoms in total. The molecule has 0 radical (unpaired) electrons. The van der Waals surface area contributed by atoms with Crippen LogP contribution < -0.4 is 5.56 Å². The number of thiophene rings is 2. The van der Waals surface area contributed by atoms with Gasteiger partial charge >= 0.3 is 0 Å². The standard InChI is InChI=1S/C20H18N4O2S2/c1-23(9-7-14-5-2-3-8-21-14)17(25)11-24-13-22-19-18(20(24)26)15(12-28-19)16-6-4-10-27-16/h2-6,8,10,12-13H,7,9,11H2,1H3. The van der Waals surface area contributed by atoms with Gasteiger partial charge in [-0.15, -0.1) is 22.7 Å². The summed E-state index contributed by atoms with van der Waals surface area (Å²) in [5.41, 5.74) is 1.64. The zero-order valence-corrected chi connectivity index (χ0v) is 16.9. The number of hydrogen-bond donors (Lipinski definition) is 0. The molecule has 0 N–H and O–H groups in total. The number of amides is 1. The van der Waals surface area contributed by atoms with Gasteiger partial charge in [-0.1, -0.05) is 12.1 Å². The van der Waals surface area contributed by atoms with E-state index < -0.39 is 0 Å². The van der Waals surface area contributed by atoms with Crippen LogP contribution in [0.1, 0.15) is 5.69 Å². The van der Waals surface area contributed by atoms with Crippen LogP contribution in [0.4, 0.5) is 0 Å². The lowest BCUT2D eigenvalue weighted by molar-refractivity contribution is -0.130. The number of fused-ring (bicyclic) bond motifs is 1. The second-order valence-electron chi connectivity index (χ2n) is 6.37. The first-order chi connectivity index (χ1) is 13.6. The molecule has 0 aromatic carbocycles. The van der Waals surface area contributed by atoms with Crippen molar-refractivity contribution in [3.8, 4) is 10.4 Å². The number of aromatic nitrogens is 3. The number of carbonyl (C=O) groups is 1. The monoisotopic (exact) mass is 410 g/mol. The highest BCUT2D eigenvalue weighted by Crippen LogP contribution is 2.33. The fourth-order valence-corrected chi connectivity index (χ4v) is 4.63. The van der Waals surface area contributed by atoms with Crippen LogP contribution in [-0.4, -0.2) is 38.9 Å². The SMILES string of the molecule is CN(CCc1ccccn1)C(=O)Cn1cnc2scc(-c3cccs3)c2c1=O. The number of carbonyl (C=O) groups excluding carboxylic acids is 1. The predicted molar refractivity (Wildman–Crippen MR) is 113 cm³/mol. The molecule has 0 atom stereocenters. The highest BCUT2D eigenvalue weighted by Gasteiger charge is 2.16. The minimum atomic E-state index is -0.180. The molecule has 0 unspecified atom stereocenters. The smallest absolute Gasteiger partial charge is 0.263 e. The first-order valence-electron chi connectivity index (χ1n) is 8.78. The summed E-state index contributed by atoms with van der Waals surface area (Å²) in [6.45, 7) is 0.513. The molecular weight excluding hydrogens is 392 g/mol. The van der Waals surface area contributed by atoms with Crippen molar-refractivity contribution >= 4 is 38.8 Å². The molecule has 28 heavy (non-hydrogen) atoms. The summed E-state index contributed by atoms with van der Waals surface area (Å²) >= 11 is 3.03. The average Bonchev–Trinajstić information content (AvgIpc) is 3.38. The molecule has 4 heterocycles. The second kappa shape index (κ2) is 8.04. The molecule has 0 saturated heterocycles. The Morgan fingerprint density at radius 1 is 1.18 bits per heavy atom. The van der Waals surface area contributed by atoms with Gasteiger partial charge in [0.05, 0.1) is 11.7 Å². The summed E-state index contributed by atoms with van der Waals surface area (Å²) in [4.78, 5) is 37.6. The third-order valence-corrected chi connectivity index (χ3v) is 6.30. The van der Waals surface area contributed by atoms with Gasteiger partial charge in [0.2, 0.25) is 5.91 Å². The summed E-state index contributed by atoms with van der Waals surface area (Å²) in [5.74, 6) is -0.132. The lowest BCUT2D eigenvalue weighted by Crippen LogP contribution is -2.35. The molecule has 0 bridgehead atoms. The lowest BCUT2D eigenvalue weighted by atomic mass is 10.2. The van der Waals surface area contributed by atoms with E-state index in [1.807, 2.05) is 41.1 Å². The van der Waals surface area contributed by atoms with E-state index in [0.29, 0.717) is 23.2 Å². The van der Waals surface area contributed by atoms with Crippen molar-refractivity contribution in [2.24, 2.45) is 0 Å². The molecular formula is C20H18N4O2S2. The molecule has 4 rings (SSSR count). The number of pyridine rings is 1. The molecule has 1 amide bonds. The summed E-state index contributed by atoms with van der Waals surface area (Å²) in [7, 11) is 1.74. The molecule has 0 saturated carbocycles. The minimum Gasteiger partial charge on any atom is -0.344 e. The van der Waals surface area contributed by atoms with E-state index in [1.165, 1.54) is 22.2 Å². The van der Waals surface area contributed by atoms with Gasteiger partial charge in [0, 0.05) is 47.7 Å². The van der Waals surface area contributed by atoms with Crippen LogP contribution in [0.5, 0.6) is 0 Å². The molecule has 8 heteroatoms. The Bertz CT molecular complexity index is 1150. The fraction of sp³-hybridized carbons (Fsp3) is 0.200. The van der Waals surface area contributed by atoms with Gasteiger partial charge in [-0.2, -0.15) is 0 Å². The van der Waals surface area contributed by atoms with E-state index in [0.717, 1.165) is 16.1 Å². The van der Waals surface area contributed by atoms with Gasteiger partial charge in [-0.05, 0) is 23.6 Å². The summed E-state index contributed by atoms with van der Waals surface area (Å²) < 4.78 is 1.39. The lowest BCUT2D eigenvalue weighted by Gasteiger charge is -2.17. The Morgan fingerprint density at radius 3 is 2.82 bits per heavy atom. The first kappa shape index (κ1) is 18.5. The highest BCUT2D eigenvalue weighted by molar-refractivity contribution is 7.18. The zero-order chi connectivity index (χ0) is 19.5. The molecule has 0 aliphatic carbocycles. The van der Waals surface area contributed by atoms with Crippen molar-refractivity contribution in [1.29, 1.82) is 0 Å². The van der Waals surface area contributed by atoms with E-state index >= 15 is 0 Å². The fourth-order valence-electron chi connectivity index (χ4n) is 2.91. The van der Waals surface area contributed by atoms with Crippen molar-refractivity contribution in [3.63, 3.8) is 0 Å². The number of rotatable bonds is 6. The maximum atomic E-state index is 13.0. The van der Waals surface area contributed by atoms with Crippen LogP contribution in [-0.2, 0) is 17.8 Å². The van der Waals surface area contributed by atoms with Crippen LogP contribution in [0.2, 0.25) is 0 Å². The quantitative estimate of drug-likeness (QED) is 0.489. The summed E-state index contributed by atoms with van der Waals surface area (Å²) in [6, 6.07) is 9.67. The zero-order valence-electron chi connectivity index (χ0n) is 15.2. The Hall–Kier alpha value is -2.84. The Morgan fingerprint density at radius 2 is 2.07 bits per heavy atom. The Kier molecular flexibility index (Phi) is 5.31.